The SMILES string of the molecule is NCc1ccc(-c2nc3ccc(NC(=O)CN4CCCCC4)cc3[nH]2)cc1. The molecule has 1 aliphatic rings. The molecule has 0 radical (unpaired) electrons. The third-order valence-corrected chi connectivity index (χ3v) is 5.04. The van der Waals surface area contributed by atoms with Crippen LogP contribution in [0.3, 0.4) is 0 Å². The highest BCUT2D eigenvalue weighted by atomic mass is 16.2. The Kier molecular flexibility index (Phi) is 5.18. The molecule has 6 heteroatoms. The Bertz CT molecular complexity index is 925. The molecule has 1 amide bonds. The van der Waals surface area contributed by atoms with Crippen LogP contribution in [0.2, 0.25) is 0 Å². The molecule has 27 heavy (non-hydrogen) atoms. The number of H-pyrrole nitrogens is 1. The summed E-state index contributed by atoms with van der Waals surface area (Å²) in [6.45, 7) is 3.01. The van der Waals surface area contributed by atoms with E-state index in [1.165, 1.54) is 19.3 Å². The van der Waals surface area contributed by atoms with Crippen LogP contribution in [-0.2, 0) is 11.3 Å². The smallest absolute Gasteiger partial charge is 0.238 e. The molecule has 140 valence electrons. The zero-order chi connectivity index (χ0) is 18.6. The minimum atomic E-state index is 0.0355. The van der Waals surface area contributed by atoms with Crippen molar-refractivity contribution in [3.05, 3.63) is 48.0 Å². The summed E-state index contributed by atoms with van der Waals surface area (Å²) in [6, 6.07) is 13.8. The predicted octanol–water partition coefficient (Wildman–Crippen LogP) is 3.11. The summed E-state index contributed by atoms with van der Waals surface area (Å²) >= 11 is 0. The number of imidazole rings is 1. The van der Waals surface area contributed by atoms with Gasteiger partial charge in [-0.1, -0.05) is 30.7 Å². The van der Waals surface area contributed by atoms with Crippen LogP contribution < -0.4 is 11.1 Å². The van der Waals surface area contributed by atoms with Crippen molar-refractivity contribution in [3.63, 3.8) is 0 Å². The Hall–Kier alpha value is -2.70. The van der Waals surface area contributed by atoms with Gasteiger partial charge in [0.2, 0.25) is 5.91 Å². The second-order valence-electron chi connectivity index (χ2n) is 7.10. The van der Waals surface area contributed by atoms with Gasteiger partial charge in [-0.3, -0.25) is 9.69 Å². The number of nitrogens with one attached hydrogen (secondary N) is 2. The van der Waals surface area contributed by atoms with Gasteiger partial charge in [-0.2, -0.15) is 0 Å². The quantitative estimate of drug-likeness (QED) is 0.650. The van der Waals surface area contributed by atoms with E-state index in [-0.39, 0.29) is 5.91 Å². The number of amides is 1. The molecule has 1 aromatic heterocycles. The largest absolute Gasteiger partial charge is 0.338 e. The molecular weight excluding hydrogens is 338 g/mol. The van der Waals surface area contributed by atoms with E-state index in [9.17, 15) is 4.79 Å². The highest BCUT2D eigenvalue weighted by molar-refractivity contribution is 5.94. The highest BCUT2D eigenvalue weighted by Crippen LogP contribution is 2.23. The molecule has 0 unspecified atom stereocenters. The van der Waals surface area contributed by atoms with E-state index in [2.05, 4.69) is 20.2 Å². The van der Waals surface area contributed by atoms with Crippen LogP contribution in [-0.4, -0.2) is 40.4 Å². The van der Waals surface area contributed by atoms with Gasteiger partial charge in [-0.25, -0.2) is 4.98 Å². The second-order valence-corrected chi connectivity index (χ2v) is 7.10. The van der Waals surface area contributed by atoms with Crippen molar-refractivity contribution in [1.29, 1.82) is 0 Å². The van der Waals surface area contributed by atoms with E-state index in [0.717, 1.165) is 46.8 Å². The van der Waals surface area contributed by atoms with Gasteiger partial charge < -0.3 is 16.0 Å². The van der Waals surface area contributed by atoms with Gasteiger partial charge in [0.1, 0.15) is 5.82 Å². The number of nitrogens with zero attached hydrogens (tertiary/aromatic N) is 2. The van der Waals surface area contributed by atoms with E-state index < -0.39 is 0 Å². The highest BCUT2D eigenvalue weighted by Gasteiger charge is 2.14. The number of piperidine rings is 1. The molecule has 0 aliphatic carbocycles. The van der Waals surface area contributed by atoms with Crippen LogP contribution in [0.15, 0.2) is 42.5 Å². The van der Waals surface area contributed by atoms with E-state index in [1.54, 1.807) is 0 Å². The first-order chi connectivity index (χ1) is 13.2. The van der Waals surface area contributed by atoms with E-state index in [0.29, 0.717) is 13.1 Å². The number of rotatable bonds is 5. The number of likely N-dealkylation sites (tertiary alicyclic amines) is 1. The van der Waals surface area contributed by atoms with Crippen molar-refractivity contribution < 1.29 is 4.79 Å². The third kappa shape index (κ3) is 4.18. The fraction of sp³-hybridized carbons (Fsp3) is 0.333. The fourth-order valence-corrected chi connectivity index (χ4v) is 3.54. The molecule has 1 fully saturated rings. The van der Waals surface area contributed by atoms with Gasteiger partial charge >= 0.3 is 0 Å². The average Bonchev–Trinajstić information content (AvgIpc) is 3.12. The van der Waals surface area contributed by atoms with Gasteiger partial charge in [-0.05, 0) is 49.7 Å². The molecule has 3 aromatic rings. The number of benzene rings is 2. The van der Waals surface area contributed by atoms with Crippen molar-refractivity contribution in [3.8, 4) is 11.4 Å². The molecule has 4 rings (SSSR count). The number of carbonyl (C=O) groups is 1. The molecule has 1 aliphatic heterocycles. The number of anilines is 1. The maximum absolute atomic E-state index is 12.3. The molecule has 6 nitrogen and oxygen atoms in total. The molecule has 0 saturated carbocycles. The first kappa shape index (κ1) is 17.7. The summed E-state index contributed by atoms with van der Waals surface area (Å²) in [6.07, 6.45) is 3.64. The summed E-state index contributed by atoms with van der Waals surface area (Å²) in [7, 11) is 0. The Morgan fingerprint density at radius 1 is 1.11 bits per heavy atom. The lowest BCUT2D eigenvalue weighted by Crippen LogP contribution is -2.36. The Labute approximate surface area is 158 Å². The van der Waals surface area contributed by atoms with Crippen LogP contribution in [0.5, 0.6) is 0 Å². The van der Waals surface area contributed by atoms with Crippen LogP contribution >= 0.6 is 0 Å². The first-order valence-corrected chi connectivity index (χ1v) is 9.52. The lowest BCUT2D eigenvalue weighted by atomic mass is 10.1. The third-order valence-electron chi connectivity index (χ3n) is 5.04. The molecule has 2 heterocycles. The molecule has 0 spiro atoms. The monoisotopic (exact) mass is 363 g/mol. The van der Waals surface area contributed by atoms with Crippen molar-refractivity contribution in [2.24, 2.45) is 5.73 Å². The normalized spacial score (nSPS) is 15.1. The zero-order valence-corrected chi connectivity index (χ0v) is 15.4. The van der Waals surface area contributed by atoms with Crippen molar-refractivity contribution >= 4 is 22.6 Å². The minimum Gasteiger partial charge on any atom is -0.338 e. The Morgan fingerprint density at radius 3 is 2.63 bits per heavy atom. The number of nitrogens with two attached hydrogens (primary N) is 1. The summed E-state index contributed by atoms with van der Waals surface area (Å²) in [5.41, 5.74) is 10.3. The topological polar surface area (TPSA) is 87.0 Å². The van der Waals surface area contributed by atoms with Crippen LogP contribution in [0.1, 0.15) is 24.8 Å². The molecule has 1 saturated heterocycles. The molecule has 4 N–H and O–H groups in total. The number of fused-ring (bicyclic) bond motifs is 1. The molecule has 0 bridgehead atoms. The number of hydrogen-bond donors (Lipinski definition) is 3. The van der Waals surface area contributed by atoms with Gasteiger partial charge in [0, 0.05) is 17.8 Å². The van der Waals surface area contributed by atoms with Gasteiger partial charge in [0.05, 0.1) is 17.6 Å². The van der Waals surface area contributed by atoms with Crippen LogP contribution in [0.25, 0.3) is 22.4 Å². The van der Waals surface area contributed by atoms with E-state index >= 15 is 0 Å². The molecule has 2 aromatic carbocycles. The molecular formula is C21H25N5O. The van der Waals surface area contributed by atoms with Crippen molar-refractivity contribution in [2.45, 2.75) is 25.8 Å². The number of aromatic amines is 1. The second kappa shape index (κ2) is 7.90. The van der Waals surface area contributed by atoms with Crippen molar-refractivity contribution in [2.75, 3.05) is 25.0 Å². The summed E-state index contributed by atoms with van der Waals surface area (Å²) in [4.78, 5) is 22.5. The fourth-order valence-electron chi connectivity index (χ4n) is 3.54. The summed E-state index contributed by atoms with van der Waals surface area (Å²) < 4.78 is 0. The summed E-state index contributed by atoms with van der Waals surface area (Å²) in [5, 5.41) is 3.00. The van der Waals surface area contributed by atoms with Crippen molar-refractivity contribution in [1.82, 2.24) is 14.9 Å². The molecule has 0 atom stereocenters. The number of carbonyl (C=O) groups excluding carboxylic acids is 1. The van der Waals surface area contributed by atoms with E-state index in [1.807, 2.05) is 42.5 Å². The maximum Gasteiger partial charge on any atom is 0.238 e. The van der Waals surface area contributed by atoms with E-state index in [4.69, 9.17) is 5.73 Å². The lowest BCUT2D eigenvalue weighted by molar-refractivity contribution is -0.117. The summed E-state index contributed by atoms with van der Waals surface area (Å²) in [5.74, 6) is 0.846. The Balaban J connectivity index is 1.47. The van der Waals surface area contributed by atoms with Gasteiger partial charge in [0.15, 0.2) is 0 Å². The lowest BCUT2D eigenvalue weighted by Gasteiger charge is -2.25. The zero-order valence-electron chi connectivity index (χ0n) is 15.4. The minimum absolute atomic E-state index is 0.0355. The van der Waals surface area contributed by atoms with Crippen LogP contribution in [0.4, 0.5) is 5.69 Å². The first-order valence-electron chi connectivity index (χ1n) is 9.52. The van der Waals surface area contributed by atoms with Gasteiger partial charge in [0.25, 0.3) is 0 Å². The maximum atomic E-state index is 12.3. The van der Waals surface area contributed by atoms with Gasteiger partial charge in [-0.15, -0.1) is 0 Å². The predicted molar refractivity (Wildman–Crippen MR) is 108 cm³/mol. The van der Waals surface area contributed by atoms with Crippen LogP contribution in [0, 0.1) is 0 Å². The standard InChI is InChI=1S/C21H25N5O/c22-13-15-4-6-16(7-5-15)21-24-18-9-8-17(12-19(18)25-21)23-20(27)14-26-10-2-1-3-11-26/h4-9,12H,1-3,10-11,13-14,22H2,(H,23,27)(H,24,25). The average molecular weight is 363 g/mol. The number of aromatic nitrogens is 2. The number of hydrogen-bond acceptors (Lipinski definition) is 4. The Morgan fingerprint density at radius 2 is 1.89 bits per heavy atom.